The Morgan fingerprint density at radius 2 is 2.00 bits per heavy atom. The summed E-state index contributed by atoms with van der Waals surface area (Å²) >= 11 is 1.56. The molecule has 7 heteroatoms. The van der Waals surface area contributed by atoms with Crippen LogP contribution in [0.1, 0.15) is 12.5 Å². The van der Waals surface area contributed by atoms with E-state index in [0.717, 1.165) is 40.0 Å². The van der Waals surface area contributed by atoms with Gasteiger partial charge in [-0.3, -0.25) is 14.6 Å². The lowest BCUT2D eigenvalue weighted by Crippen LogP contribution is -2.50. The Morgan fingerprint density at radius 1 is 1.17 bits per heavy atom. The molecule has 2 aromatic carbocycles. The number of hydrogen-bond acceptors (Lipinski definition) is 6. The fourth-order valence-corrected chi connectivity index (χ4v) is 4.13. The molecule has 1 aliphatic heterocycles. The Hall–Kier alpha value is -2.61. The molecule has 1 aromatic heterocycles. The van der Waals surface area contributed by atoms with Crippen molar-refractivity contribution in [2.75, 3.05) is 24.4 Å². The third kappa shape index (κ3) is 4.87. The molecule has 2 heterocycles. The third-order valence-electron chi connectivity index (χ3n) is 4.97. The molecule has 3 aromatic rings. The molecule has 4 rings (SSSR count). The van der Waals surface area contributed by atoms with Crippen LogP contribution in [-0.2, 0) is 16.2 Å². The summed E-state index contributed by atoms with van der Waals surface area (Å²) in [4.78, 5) is 24.2. The van der Waals surface area contributed by atoms with Crippen molar-refractivity contribution in [2.24, 2.45) is 0 Å². The number of benzene rings is 2. The SMILES string of the molecule is CC1CN(C=O)CCN1OCc1ccc(NSc2cccc3cccnc23)cc1. The van der Waals surface area contributed by atoms with Gasteiger partial charge in [0, 0.05) is 36.9 Å². The van der Waals surface area contributed by atoms with Crippen LogP contribution in [0.5, 0.6) is 0 Å². The van der Waals surface area contributed by atoms with Gasteiger partial charge in [0.05, 0.1) is 23.1 Å². The minimum atomic E-state index is 0.195. The first-order valence-corrected chi connectivity index (χ1v) is 10.5. The Bertz CT molecular complexity index is 961. The summed E-state index contributed by atoms with van der Waals surface area (Å²) in [6, 6.07) is 18.6. The lowest BCUT2D eigenvalue weighted by molar-refractivity contribution is -0.210. The van der Waals surface area contributed by atoms with Crippen LogP contribution in [0.4, 0.5) is 5.69 Å². The maximum atomic E-state index is 10.9. The monoisotopic (exact) mass is 408 g/mol. The molecule has 0 spiro atoms. The first kappa shape index (κ1) is 19.7. The van der Waals surface area contributed by atoms with Gasteiger partial charge in [0.25, 0.3) is 0 Å². The number of carbonyl (C=O) groups is 1. The topological polar surface area (TPSA) is 57.7 Å². The van der Waals surface area contributed by atoms with Crippen molar-refractivity contribution in [3.05, 3.63) is 66.4 Å². The standard InChI is InChI=1S/C22H24N4O2S/c1-17-14-25(16-27)12-13-26(17)28-15-18-7-9-20(10-8-18)24-29-21-6-2-4-19-5-3-11-23-22(19)21/h2-11,16-17,24H,12-15H2,1H3. The second kappa shape index (κ2) is 9.26. The van der Waals surface area contributed by atoms with Crippen LogP contribution in [-0.4, -0.2) is 47.0 Å². The smallest absolute Gasteiger partial charge is 0.209 e. The number of para-hydroxylation sites is 1. The van der Waals surface area contributed by atoms with Crippen molar-refractivity contribution >= 4 is 34.9 Å². The zero-order valence-corrected chi connectivity index (χ0v) is 17.1. The van der Waals surface area contributed by atoms with E-state index < -0.39 is 0 Å². The van der Waals surface area contributed by atoms with Crippen LogP contribution in [0.2, 0.25) is 0 Å². The van der Waals surface area contributed by atoms with E-state index in [-0.39, 0.29) is 6.04 Å². The van der Waals surface area contributed by atoms with Crippen molar-refractivity contribution in [2.45, 2.75) is 24.5 Å². The van der Waals surface area contributed by atoms with Crippen LogP contribution in [0, 0.1) is 0 Å². The fraction of sp³-hybridized carbons (Fsp3) is 0.273. The number of nitrogens with zero attached hydrogens (tertiary/aromatic N) is 3. The largest absolute Gasteiger partial charge is 0.342 e. The predicted molar refractivity (Wildman–Crippen MR) is 116 cm³/mol. The Morgan fingerprint density at radius 3 is 2.79 bits per heavy atom. The van der Waals surface area contributed by atoms with Crippen molar-refractivity contribution in [3.63, 3.8) is 0 Å². The van der Waals surface area contributed by atoms with E-state index in [4.69, 9.17) is 4.84 Å². The highest BCUT2D eigenvalue weighted by atomic mass is 32.2. The molecule has 0 bridgehead atoms. The van der Waals surface area contributed by atoms with Gasteiger partial charge in [-0.25, -0.2) is 0 Å². The van der Waals surface area contributed by atoms with Crippen LogP contribution in [0.25, 0.3) is 10.9 Å². The average Bonchev–Trinajstić information content (AvgIpc) is 2.77. The van der Waals surface area contributed by atoms with Gasteiger partial charge >= 0.3 is 0 Å². The minimum absolute atomic E-state index is 0.195. The lowest BCUT2D eigenvalue weighted by atomic mass is 10.2. The molecule has 1 fully saturated rings. The Kier molecular flexibility index (Phi) is 6.29. The number of amides is 1. The number of hydroxylamine groups is 2. The number of rotatable bonds is 7. The highest BCUT2D eigenvalue weighted by Gasteiger charge is 2.23. The summed E-state index contributed by atoms with van der Waals surface area (Å²) in [7, 11) is 0. The van der Waals surface area contributed by atoms with Crippen molar-refractivity contribution in [1.29, 1.82) is 0 Å². The van der Waals surface area contributed by atoms with Gasteiger partial charge in [0.1, 0.15) is 0 Å². The maximum Gasteiger partial charge on any atom is 0.209 e. The molecule has 1 aliphatic rings. The summed E-state index contributed by atoms with van der Waals surface area (Å²) < 4.78 is 3.39. The minimum Gasteiger partial charge on any atom is -0.342 e. The molecule has 1 unspecified atom stereocenters. The highest BCUT2D eigenvalue weighted by Crippen LogP contribution is 2.27. The Labute approximate surface area is 174 Å². The lowest BCUT2D eigenvalue weighted by Gasteiger charge is -2.37. The van der Waals surface area contributed by atoms with E-state index in [1.165, 1.54) is 0 Å². The van der Waals surface area contributed by atoms with Gasteiger partial charge in [-0.1, -0.05) is 30.3 Å². The summed E-state index contributed by atoms with van der Waals surface area (Å²) in [6.45, 7) is 4.73. The number of fused-ring (bicyclic) bond motifs is 1. The van der Waals surface area contributed by atoms with Gasteiger partial charge in [-0.15, -0.1) is 0 Å². The quantitative estimate of drug-likeness (QED) is 0.472. The number of piperazine rings is 1. The van der Waals surface area contributed by atoms with Crippen LogP contribution in [0.15, 0.2) is 65.7 Å². The number of carbonyl (C=O) groups excluding carboxylic acids is 1. The summed E-state index contributed by atoms with van der Waals surface area (Å²) in [5.41, 5.74) is 3.14. The second-order valence-electron chi connectivity index (χ2n) is 7.10. The predicted octanol–water partition coefficient (Wildman–Crippen LogP) is 3.95. The van der Waals surface area contributed by atoms with E-state index in [0.29, 0.717) is 19.7 Å². The molecular formula is C22H24N4O2S. The Balaban J connectivity index is 1.31. The molecule has 0 saturated carbocycles. The van der Waals surface area contributed by atoms with Crippen molar-refractivity contribution < 1.29 is 9.63 Å². The van der Waals surface area contributed by atoms with Crippen LogP contribution < -0.4 is 4.72 Å². The molecule has 1 amide bonds. The highest BCUT2D eigenvalue weighted by molar-refractivity contribution is 8.00. The first-order chi connectivity index (χ1) is 14.2. The van der Waals surface area contributed by atoms with Crippen molar-refractivity contribution in [3.8, 4) is 0 Å². The molecular weight excluding hydrogens is 384 g/mol. The summed E-state index contributed by atoms with van der Waals surface area (Å²) in [5, 5.41) is 3.10. The van der Waals surface area contributed by atoms with Gasteiger partial charge in [0.15, 0.2) is 0 Å². The molecule has 0 radical (unpaired) electrons. The van der Waals surface area contributed by atoms with E-state index in [2.05, 4.69) is 59.1 Å². The molecule has 1 atom stereocenters. The average molecular weight is 409 g/mol. The zero-order valence-electron chi connectivity index (χ0n) is 16.3. The van der Waals surface area contributed by atoms with Crippen LogP contribution in [0.3, 0.4) is 0 Å². The summed E-state index contributed by atoms with van der Waals surface area (Å²) in [6.07, 6.45) is 2.73. The van der Waals surface area contributed by atoms with Gasteiger partial charge in [0.2, 0.25) is 6.41 Å². The van der Waals surface area contributed by atoms with E-state index in [9.17, 15) is 4.79 Å². The second-order valence-corrected chi connectivity index (χ2v) is 7.94. The molecule has 29 heavy (non-hydrogen) atoms. The number of hydrogen-bond donors (Lipinski definition) is 1. The molecule has 6 nitrogen and oxygen atoms in total. The maximum absolute atomic E-state index is 10.9. The third-order valence-corrected chi connectivity index (χ3v) is 5.86. The van der Waals surface area contributed by atoms with Gasteiger partial charge in [-0.2, -0.15) is 5.06 Å². The summed E-state index contributed by atoms with van der Waals surface area (Å²) in [5.74, 6) is 0. The number of aromatic nitrogens is 1. The van der Waals surface area contributed by atoms with E-state index in [1.54, 1.807) is 16.8 Å². The van der Waals surface area contributed by atoms with Crippen LogP contribution >= 0.6 is 11.9 Å². The number of nitrogens with one attached hydrogen (secondary N) is 1. The van der Waals surface area contributed by atoms with Crippen molar-refractivity contribution in [1.82, 2.24) is 14.9 Å². The number of anilines is 1. The van der Waals surface area contributed by atoms with E-state index in [1.807, 2.05) is 23.4 Å². The van der Waals surface area contributed by atoms with E-state index >= 15 is 0 Å². The van der Waals surface area contributed by atoms with Gasteiger partial charge in [-0.05, 0) is 48.7 Å². The number of pyridine rings is 1. The first-order valence-electron chi connectivity index (χ1n) is 9.67. The zero-order chi connectivity index (χ0) is 20.1. The van der Waals surface area contributed by atoms with Gasteiger partial charge < -0.3 is 9.62 Å². The molecule has 1 saturated heterocycles. The normalized spacial score (nSPS) is 17.4. The fourth-order valence-electron chi connectivity index (χ4n) is 3.36. The molecule has 0 aliphatic carbocycles. The molecule has 150 valence electrons. The molecule has 1 N–H and O–H groups in total.